The van der Waals surface area contributed by atoms with Crippen molar-refractivity contribution in [3.05, 3.63) is 113 Å². The quantitative estimate of drug-likeness (QED) is 0.326. The molecule has 0 saturated heterocycles. The number of hydrogen-bond donors (Lipinski definition) is 0. The Balaban J connectivity index is 1.81. The first kappa shape index (κ1) is 18.1. The average Bonchev–Trinajstić information content (AvgIpc) is 2.92. The zero-order valence-corrected chi connectivity index (χ0v) is 15.7. The van der Waals surface area contributed by atoms with Crippen LogP contribution in [0.15, 0.2) is 90.5 Å². The van der Waals surface area contributed by atoms with E-state index in [0.29, 0.717) is 12.0 Å². The van der Waals surface area contributed by atoms with Crippen molar-refractivity contribution >= 4 is 17.1 Å². The van der Waals surface area contributed by atoms with E-state index in [4.69, 9.17) is 0 Å². The van der Waals surface area contributed by atoms with Crippen molar-refractivity contribution in [3.8, 4) is 0 Å². The molecule has 0 unspecified atom stereocenters. The molecule has 0 spiro atoms. The summed E-state index contributed by atoms with van der Waals surface area (Å²) >= 11 is 0. The number of aryl methyl sites for hydroxylation is 1. The van der Waals surface area contributed by atoms with Crippen molar-refractivity contribution in [2.24, 2.45) is 0 Å². The number of carbonyl (C=O) groups is 2. The Kier molecular flexibility index (Phi) is 5.29. The molecule has 1 aliphatic carbocycles. The Bertz CT molecular complexity index is 1030. The lowest BCUT2D eigenvalue weighted by Crippen LogP contribution is -2.09. The van der Waals surface area contributed by atoms with Crippen LogP contribution in [0.25, 0.3) is 5.57 Å². The van der Waals surface area contributed by atoms with Crippen LogP contribution < -0.4 is 0 Å². The summed E-state index contributed by atoms with van der Waals surface area (Å²) in [7, 11) is 0. The van der Waals surface area contributed by atoms with Crippen molar-refractivity contribution in [2.75, 3.05) is 0 Å². The second kappa shape index (κ2) is 8.18. The Hall–Kier alpha value is -3.26. The number of fused-ring (bicyclic) bond motifs is 1. The largest absolute Gasteiger partial charge is 0.294 e. The second-order valence-corrected chi connectivity index (χ2v) is 7.13. The molecule has 0 heterocycles. The van der Waals surface area contributed by atoms with Crippen LogP contribution in [-0.2, 0) is 6.42 Å². The molecule has 3 aromatic rings. The lowest BCUT2D eigenvalue weighted by molar-refractivity contribution is 0.0998. The highest BCUT2D eigenvalue weighted by atomic mass is 16.1. The number of hydrogen-bond acceptors (Lipinski definition) is 2. The Morgan fingerprint density at radius 1 is 0.714 bits per heavy atom. The smallest absolute Gasteiger partial charge is 0.189 e. The SMILES string of the molecule is O=C(C/C(=C1/CCCc2ccccc2C1=O)c1ccccc1)c1ccccc1. The fraction of sp³-hybridized carbons (Fsp3) is 0.154. The van der Waals surface area contributed by atoms with Gasteiger partial charge >= 0.3 is 0 Å². The minimum atomic E-state index is 0.0392. The Morgan fingerprint density at radius 2 is 1.32 bits per heavy atom. The highest BCUT2D eigenvalue weighted by Crippen LogP contribution is 2.32. The van der Waals surface area contributed by atoms with Crippen LogP contribution in [-0.4, -0.2) is 11.6 Å². The maximum atomic E-state index is 13.4. The van der Waals surface area contributed by atoms with Crippen molar-refractivity contribution in [2.45, 2.75) is 25.7 Å². The summed E-state index contributed by atoms with van der Waals surface area (Å²) in [5.74, 6) is 0.102. The minimum Gasteiger partial charge on any atom is -0.294 e. The molecule has 138 valence electrons. The predicted molar refractivity (Wildman–Crippen MR) is 112 cm³/mol. The van der Waals surface area contributed by atoms with Crippen LogP contribution in [0, 0.1) is 0 Å². The van der Waals surface area contributed by atoms with Crippen molar-refractivity contribution in [1.82, 2.24) is 0 Å². The van der Waals surface area contributed by atoms with Crippen LogP contribution in [0.2, 0.25) is 0 Å². The Morgan fingerprint density at radius 3 is 2.04 bits per heavy atom. The number of Topliss-reactive ketones (excluding diaryl/α,β-unsaturated/α-hetero) is 2. The van der Waals surface area contributed by atoms with Gasteiger partial charge in [0.15, 0.2) is 11.6 Å². The van der Waals surface area contributed by atoms with E-state index in [1.165, 1.54) is 0 Å². The van der Waals surface area contributed by atoms with E-state index in [2.05, 4.69) is 0 Å². The van der Waals surface area contributed by atoms with Gasteiger partial charge < -0.3 is 0 Å². The standard InChI is InChI=1S/C26H22O2/c27-25(21-13-5-2-6-14-21)18-24(20-10-3-1-4-11-20)23-17-9-15-19-12-7-8-16-22(19)26(23)28/h1-8,10-14,16H,9,15,17-18H2/b24-23+. The molecule has 1 aliphatic rings. The van der Waals surface area contributed by atoms with Crippen LogP contribution in [0.4, 0.5) is 0 Å². The third kappa shape index (κ3) is 3.72. The van der Waals surface area contributed by atoms with Crippen molar-refractivity contribution in [3.63, 3.8) is 0 Å². The molecule has 28 heavy (non-hydrogen) atoms. The Labute approximate surface area is 165 Å². The van der Waals surface area contributed by atoms with Gasteiger partial charge in [0.05, 0.1) is 0 Å². The van der Waals surface area contributed by atoms with E-state index in [-0.39, 0.29) is 18.0 Å². The second-order valence-electron chi connectivity index (χ2n) is 7.13. The zero-order chi connectivity index (χ0) is 19.3. The molecule has 3 aromatic carbocycles. The number of benzene rings is 3. The normalized spacial score (nSPS) is 15.5. The average molecular weight is 366 g/mol. The van der Waals surface area contributed by atoms with Gasteiger partial charge in [-0.05, 0) is 36.0 Å². The fourth-order valence-corrected chi connectivity index (χ4v) is 3.89. The van der Waals surface area contributed by atoms with Gasteiger partial charge in [0, 0.05) is 23.1 Å². The maximum Gasteiger partial charge on any atom is 0.189 e. The zero-order valence-electron chi connectivity index (χ0n) is 15.7. The first-order valence-electron chi connectivity index (χ1n) is 9.72. The summed E-state index contributed by atoms with van der Waals surface area (Å²) in [6.45, 7) is 0. The molecule has 0 aliphatic heterocycles. The van der Waals surface area contributed by atoms with Gasteiger partial charge in [-0.15, -0.1) is 0 Å². The van der Waals surface area contributed by atoms with Crippen LogP contribution >= 0.6 is 0 Å². The summed E-state index contributed by atoms with van der Waals surface area (Å²) in [6.07, 6.45) is 2.73. The number of rotatable bonds is 4. The van der Waals surface area contributed by atoms with Gasteiger partial charge in [0.1, 0.15) is 0 Å². The highest BCUT2D eigenvalue weighted by molar-refractivity contribution is 6.16. The van der Waals surface area contributed by atoms with Gasteiger partial charge in [0.25, 0.3) is 0 Å². The summed E-state index contributed by atoms with van der Waals surface area (Å²) < 4.78 is 0. The fourth-order valence-electron chi connectivity index (χ4n) is 3.89. The van der Waals surface area contributed by atoms with Crippen molar-refractivity contribution < 1.29 is 9.59 Å². The van der Waals surface area contributed by atoms with E-state index in [9.17, 15) is 9.59 Å². The summed E-state index contributed by atoms with van der Waals surface area (Å²) in [5, 5.41) is 0. The lowest BCUT2D eigenvalue weighted by atomic mass is 9.88. The van der Waals surface area contributed by atoms with Crippen LogP contribution in [0.1, 0.15) is 51.1 Å². The highest BCUT2D eigenvalue weighted by Gasteiger charge is 2.24. The first-order valence-corrected chi connectivity index (χ1v) is 9.72. The molecule has 0 atom stereocenters. The lowest BCUT2D eigenvalue weighted by Gasteiger charge is -2.14. The molecule has 0 bridgehead atoms. The summed E-state index contributed by atoms with van der Waals surface area (Å²) in [5.41, 5.74) is 5.14. The van der Waals surface area contributed by atoms with Crippen LogP contribution in [0.5, 0.6) is 0 Å². The minimum absolute atomic E-state index is 0.0392. The first-order chi connectivity index (χ1) is 13.7. The van der Waals surface area contributed by atoms with E-state index in [1.54, 1.807) is 0 Å². The molecule has 2 heteroatoms. The molecular weight excluding hydrogens is 344 g/mol. The van der Waals surface area contributed by atoms with E-state index < -0.39 is 0 Å². The van der Waals surface area contributed by atoms with E-state index in [1.807, 2.05) is 84.9 Å². The monoisotopic (exact) mass is 366 g/mol. The van der Waals surface area contributed by atoms with Gasteiger partial charge in [-0.25, -0.2) is 0 Å². The molecule has 0 saturated carbocycles. The van der Waals surface area contributed by atoms with Crippen molar-refractivity contribution in [1.29, 1.82) is 0 Å². The van der Waals surface area contributed by atoms with E-state index in [0.717, 1.165) is 40.7 Å². The summed E-state index contributed by atoms with van der Waals surface area (Å²) in [6, 6.07) is 27.0. The molecule has 0 fully saturated rings. The van der Waals surface area contributed by atoms with Gasteiger partial charge in [-0.1, -0.05) is 84.9 Å². The molecule has 0 radical (unpaired) electrons. The molecule has 0 amide bonds. The molecule has 0 N–H and O–H groups in total. The number of ketones is 2. The van der Waals surface area contributed by atoms with E-state index >= 15 is 0 Å². The van der Waals surface area contributed by atoms with Gasteiger partial charge in [-0.2, -0.15) is 0 Å². The topological polar surface area (TPSA) is 34.1 Å². The predicted octanol–water partition coefficient (Wildman–Crippen LogP) is 5.93. The number of carbonyl (C=O) groups excluding carboxylic acids is 2. The van der Waals surface area contributed by atoms with Gasteiger partial charge in [0.2, 0.25) is 0 Å². The maximum absolute atomic E-state index is 13.4. The molecular formula is C26H22O2. The molecule has 0 aromatic heterocycles. The van der Waals surface area contributed by atoms with Crippen LogP contribution in [0.3, 0.4) is 0 Å². The summed E-state index contributed by atoms with van der Waals surface area (Å²) in [4.78, 5) is 26.4. The third-order valence-corrected chi connectivity index (χ3v) is 5.33. The molecule has 2 nitrogen and oxygen atoms in total. The molecule has 4 rings (SSSR count). The number of allylic oxidation sites excluding steroid dienone is 2. The van der Waals surface area contributed by atoms with Gasteiger partial charge in [-0.3, -0.25) is 9.59 Å². The third-order valence-electron chi connectivity index (χ3n) is 5.33.